The van der Waals surface area contributed by atoms with Gasteiger partial charge in [0.05, 0.1) is 17.2 Å². The average molecular weight is 231 g/mol. The number of aromatic nitrogens is 2. The fourth-order valence-electron chi connectivity index (χ4n) is 1.78. The lowest BCUT2D eigenvalue weighted by atomic mass is 10.2. The minimum Gasteiger partial charge on any atom is -0.315 e. The molecule has 1 aromatic heterocycles. The quantitative estimate of drug-likeness (QED) is 0.866. The fraction of sp³-hybridized carbons (Fsp3) is 0.385. The number of likely N-dealkylation sites (N-methyl/N-ethyl adjacent to an activating group) is 1. The third kappa shape index (κ3) is 2.36. The zero-order chi connectivity index (χ0) is 12.4. The summed E-state index contributed by atoms with van der Waals surface area (Å²) < 4.78 is 1.65. The molecule has 0 aliphatic rings. The highest BCUT2D eigenvalue weighted by molar-refractivity contribution is 5.77. The van der Waals surface area contributed by atoms with E-state index in [1.165, 1.54) is 0 Å². The summed E-state index contributed by atoms with van der Waals surface area (Å²) in [4.78, 5) is 16.5. The Labute approximate surface area is 100 Å². The number of nitrogens with zero attached hydrogens (tertiary/aromatic N) is 2. The molecule has 1 N–H and O–H groups in total. The first kappa shape index (κ1) is 11.8. The first-order chi connectivity index (χ1) is 8.11. The van der Waals surface area contributed by atoms with Gasteiger partial charge in [0.25, 0.3) is 5.56 Å². The van der Waals surface area contributed by atoms with Gasteiger partial charge in [-0.3, -0.25) is 9.36 Å². The molecule has 2 rings (SSSR count). The predicted octanol–water partition coefficient (Wildman–Crippen LogP) is 1.31. The molecule has 1 unspecified atom stereocenters. The maximum atomic E-state index is 12.2. The van der Waals surface area contributed by atoms with Gasteiger partial charge in [-0.15, -0.1) is 0 Å². The molecule has 0 amide bonds. The van der Waals surface area contributed by atoms with E-state index in [4.69, 9.17) is 0 Å². The summed E-state index contributed by atoms with van der Waals surface area (Å²) >= 11 is 0. The van der Waals surface area contributed by atoms with Gasteiger partial charge in [0.1, 0.15) is 0 Å². The van der Waals surface area contributed by atoms with Crippen molar-refractivity contribution in [2.75, 3.05) is 7.05 Å². The molecular formula is C13H17N3O. The maximum absolute atomic E-state index is 12.2. The van der Waals surface area contributed by atoms with Gasteiger partial charge >= 0.3 is 0 Å². The Bertz CT molecular complexity index is 589. The van der Waals surface area contributed by atoms with Gasteiger partial charge in [0, 0.05) is 12.6 Å². The van der Waals surface area contributed by atoms with Crippen LogP contribution in [0.5, 0.6) is 0 Å². The summed E-state index contributed by atoms with van der Waals surface area (Å²) in [5, 5.41) is 3.79. The van der Waals surface area contributed by atoms with E-state index in [1.807, 2.05) is 39.1 Å². The van der Waals surface area contributed by atoms with E-state index in [1.54, 1.807) is 10.9 Å². The first-order valence-corrected chi connectivity index (χ1v) is 5.75. The molecule has 0 radical (unpaired) electrons. The zero-order valence-electron chi connectivity index (χ0n) is 10.4. The van der Waals surface area contributed by atoms with Crippen molar-refractivity contribution in [3.63, 3.8) is 0 Å². The fourth-order valence-corrected chi connectivity index (χ4v) is 1.78. The molecule has 0 saturated carbocycles. The standard InChI is InChI=1S/C13H17N3O/c1-9-4-5-11-12(6-9)15-8-16(13(11)17)7-10(2)14-3/h4-6,8,10,14H,7H2,1-3H3. The molecule has 4 heteroatoms. The van der Waals surface area contributed by atoms with Crippen molar-refractivity contribution in [2.45, 2.75) is 26.4 Å². The molecule has 1 aromatic carbocycles. The van der Waals surface area contributed by atoms with Crippen LogP contribution in [0.15, 0.2) is 29.3 Å². The van der Waals surface area contributed by atoms with Crippen molar-refractivity contribution in [1.82, 2.24) is 14.9 Å². The van der Waals surface area contributed by atoms with Crippen molar-refractivity contribution < 1.29 is 0 Å². The van der Waals surface area contributed by atoms with Gasteiger partial charge in [0.15, 0.2) is 0 Å². The van der Waals surface area contributed by atoms with Gasteiger partial charge in [0.2, 0.25) is 0 Å². The largest absolute Gasteiger partial charge is 0.315 e. The van der Waals surface area contributed by atoms with Crippen LogP contribution in [0, 0.1) is 6.92 Å². The molecular weight excluding hydrogens is 214 g/mol. The summed E-state index contributed by atoms with van der Waals surface area (Å²) in [6, 6.07) is 5.97. The van der Waals surface area contributed by atoms with Gasteiger partial charge in [-0.1, -0.05) is 6.07 Å². The molecule has 90 valence electrons. The first-order valence-electron chi connectivity index (χ1n) is 5.75. The van der Waals surface area contributed by atoms with Crippen molar-refractivity contribution >= 4 is 10.9 Å². The molecule has 0 saturated heterocycles. The predicted molar refractivity (Wildman–Crippen MR) is 69.3 cm³/mol. The van der Waals surface area contributed by atoms with Crippen LogP contribution in [0.4, 0.5) is 0 Å². The molecule has 0 bridgehead atoms. The second-order valence-corrected chi connectivity index (χ2v) is 4.41. The van der Waals surface area contributed by atoms with Crippen molar-refractivity contribution in [3.8, 4) is 0 Å². The SMILES string of the molecule is CNC(C)Cn1cnc2cc(C)ccc2c1=O. The van der Waals surface area contributed by atoms with Gasteiger partial charge in [-0.05, 0) is 38.6 Å². The van der Waals surface area contributed by atoms with Crippen LogP contribution < -0.4 is 10.9 Å². The van der Waals surface area contributed by atoms with Crippen LogP contribution in [0.2, 0.25) is 0 Å². The van der Waals surface area contributed by atoms with E-state index >= 15 is 0 Å². The molecule has 4 nitrogen and oxygen atoms in total. The van der Waals surface area contributed by atoms with Crippen molar-refractivity contribution in [3.05, 3.63) is 40.4 Å². The summed E-state index contributed by atoms with van der Waals surface area (Å²) in [5.41, 5.74) is 1.91. The van der Waals surface area contributed by atoms with Crippen molar-refractivity contribution in [1.29, 1.82) is 0 Å². The Hall–Kier alpha value is -1.68. The van der Waals surface area contributed by atoms with E-state index < -0.39 is 0 Å². The molecule has 1 heterocycles. The summed E-state index contributed by atoms with van der Waals surface area (Å²) in [5.74, 6) is 0. The summed E-state index contributed by atoms with van der Waals surface area (Å²) in [6.45, 7) is 4.66. The van der Waals surface area contributed by atoms with E-state index in [2.05, 4.69) is 10.3 Å². The van der Waals surface area contributed by atoms with Gasteiger partial charge in [-0.2, -0.15) is 0 Å². The van der Waals surface area contributed by atoms with Gasteiger partial charge in [-0.25, -0.2) is 4.98 Å². The lowest BCUT2D eigenvalue weighted by Crippen LogP contribution is -2.32. The highest BCUT2D eigenvalue weighted by atomic mass is 16.1. The minimum atomic E-state index is 0.0251. The highest BCUT2D eigenvalue weighted by Crippen LogP contribution is 2.08. The lowest BCUT2D eigenvalue weighted by Gasteiger charge is -2.12. The van der Waals surface area contributed by atoms with Crippen LogP contribution >= 0.6 is 0 Å². The van der Waals surface area contributed by atoms with Crippen LogP contribution in [-0.2, 0) is 6.54 Å². The zero-order valence-corrected chi connectivity index (χ0v) is 10.4. The van der Waals surface area contributed by atoms with Crippen LogP contribution in [0.25, 0.3) is 10.9 Å². The Morgan fingerprint density at radius 3 is 2.94 bits per heavy atom. The molecule has 1 atom stereocenters. The van der Waals surface area contributed by atoms with Gasteiger partial charge < -0.3 is 5.32 Å². The summed E-state index contributed by atoms with van der Waals surface area (Å²) in [6.07, 6.45) is 1.62. The number of benzene rings is 1. The third-order valence-corrected chi connectivity index (χ3v) is 2.94. The average Bonchev–Trinajstić information content (AvgIpc) is 2.32. The van der Waals surface area contributed by atoms with E-state index in [0.29, 0.717) is 11.9 Å². The molecule has 0 aliphatic heterocycles. The summed E-state index contributed by atoms with van der Waals surface area (Å²) in [7, 11) is 1.88. The Balaban J connectivity index is 2.51. The van der Waals surface area contributed by atoms with E-state index in [-0.39, 0.29) is 11.6 Å². The molecule has 17 heavy (non-hydrogen) atoms. The second kappa shape index (κ2) is 4.67. The molecule has 0 aliphatic carbocycles. The minimum absolute atomic E-state index is 0.0251. The molecule has 0 spiro atoms. The number of rotatable bonds is 3. The highest BCUT2D eigenvalue weighted by Gasteiger charge is 2.06. The lowest BCUT2D eigenvalue weighted by molar-refractivity contribution is 0.503. The maximum Gasteiger partial charge on any atom is 0.261 e. The Kier molecular flexibility index (Phi) is 3.24. The topological polar surface area (TPSA) is 46.9 Å². The van der Waals surface area contributed by atoms with Crippen LogP contribution in [0.1, 0.15) is 12.5 Å². The van der Waals surface area contributed by atoms with Crippen molar-refractivity contribution in [2.24, 2.45) is 0 Å². The number of nitrogens with one attached hydrogen (secondary N) is 1. The van der Waals surface area contributed by atoms with E-state index in [9.17, 15) is 4.79 Å². The van der Waals surface area contributed by atoms with E-state index in [0.717, 1.165) is 11.1 Å². The molecule has 0 fully saturated rings. The Morgan fingerprint density at radius 2 is 2.24 bits per heavy atom. The monoisotopic (exact) mass is 231 g/mol. The van der Waals surface area contributed by atoms with Crippen LogP contribution in [0.3, 0.4) is 0 Å². The Morgan fingerprint density at radius 1 is 1.47 bits per heavy atom. The van der Waals surface area contributed by atoms with Crippen LogP contribution in [-0.4, -0.2) is 22.6 Å². The number of hydrogen-bond acceptors (Lipinski definition) is 3. The smallest absolute Gasteiger partial charge is 0.261 e. The second-order valence-electron chi connectivity index (χ2n) is 4.41. The molecule has 2 aromatic rings. The normalized spacial score (nSPS) is 12.9. The number of hydrogen-bond donors (Lipinski definition) is 1. The third-order valence-electron chi connectivity index (χ3n) is 2.94. The number of aryl methyl sites for hydroxylation is 1. The number of fused-ring (bicyclic) bond motifs is 1.